The number of amides is 4. The maximum Gasteiger partial charge on any atom is 0.344 e. The second-order valence-corrected chi connectivity index (χ2v) is 8.75. The molecule has 9 nitrogen and oxygen atoms in total. The van der Waals surface area contributed by atoms with Crippen LogP contribution in [-0.2, 0) is 20.9 Å². The summed E-state index contributed by atoms with van der Waals surface area (Å²) in [6.07, 6.45) is 2.71. The predicted octanol–water partition coefficient (Wildman–Crippen LogP) is 2.95. The van der Waals surface area contributed by atoms with E-state index >= 15 is 0 Å². The first-order valence-electron chi connectivity index (χ1n) is 11.3. The van der Waals surface area contributed by atoms with Gasteiger partial charge in [0.05, 0.1) is 5.56 Å². The number of hydrogen-bond acceptors (Lipinski definition) is 6. The van der Waals surface area contributed by atoms with Gasteiger partial charge in [-0.25, -0.2) is 9.59 Å². The van der Waals surface area contributed by atoms with Gasteiger partial charge in [-0.2, -0.15) is 5.01 Å². The van der Waals surface area contributed by atoms with E-state index in [1.807, 2.05) is 30.3 Å². The zero-order chi connectivity index (χ0) is 24.1. The number of imide groups is 1. The Bertz CT molecular complexity index is 1060. The highest BCUT2D eigenvalue weighted by molar-refractivity contribution is 6.08. The zero-order valence-electron chi connectivity index (χ0n) is 18.9. The van der Waals surface area contributed by atoms with E-state index in [4.69, 9.17) is 9.47 Å². The Morgan fingerprint density at radius 2 is 1.74 bits per heavy atom. The lowest BCUT2D eigenvalue weighted by molar-refractivity contribution is -0.141. The van der Waals surface area contributed by atoms with E-state index in [2.05, 4.69) is 17.7 Å². The number of hydrazine groups is 1. The Labute approximate surface area is 197 Å². The Kier molecular flexibility index (Phi) is 6.81. The average Bonchev–Trinajstić information content (AvgIpc) is 3.08. The summed E-state index contributed by atoms with van der Waals surface area (Å²) in [5.74, 6) is -0.888. The number of carbonyl (C=O) groups excluding carboxylic acids is 4. The molecule has 0 radical (unpaired) electrons. The Morgan fingerprint density at radius 1 is 1.06 bits per heavy atom. The van der Waals surface area contributed by atoms with Crippen molar-refractivity contribution >= 4 is 23.8 Å². The molecule has 2 aromatic carbocycles. The summed E-state index contributed by atoms with van der Waals surface area (Å²) in [4.78, 5) is 49.6. The number of rotatable bonds is 7. The summed E-state index contributed by atoms with van der Waals surface area (Å²) in [6, 6.07) is 15.3. The van der Waals surface area contributed by atoms with Gasteiger partial charge in [-0.3, -0.25) is 15.0 Å². The van der Waals surface area contributed by atoms with Crippen molar-refractivity contribution in [2.24, 2.45) is 5.92 Å². The summed E-state index contributed by atoms with van der Waals surface area (Å²) < 4.78 is 10.7. The Morgan fingerprint density at radius 3 is 2.41 bits per heavy atom. The van der Waals surface area contributed by atoms with Crippen LogP contribution in [-0.4, -0.2) is 41.0 Å². The smallest absolute Gasteiger partial charge is 0.344 e. The zero-order valence-corrected chi connectivity index (χ0v) is 18.9. The summed E-state index contributed by atoms with van der Waals surface area (Å²) in [5.41, 5.74) is 2.55. The molecule has 2 fully saturated rings. The standard InChI is InChI=1S/C25H27N3O6/c1-17-11-13-25(14-12-17)23(31)28(24(32)26-25)27-21(29)16-34-22(30)19-7-9-20(10-8-19)33-15-18-5-3-2-4-6-18/h2-10,17H,11-16H2,1H3,(H,26,32)(H,27,29). The average molecular weight is 466 g/mol. The molecule has 178 valence electrons. The molecule has 4 rings (SSSR count). The van der Waals surface area contributed by atoms with Gasteiger partial charge in [0.2, 0.25) is 0 Å². The highest BCUT2D eigenvalue weighted by Crippen LogP contribution is 2.35. The van der Waals surface area contributed by atoms with Crippen molar-refractivity contribution in [3.05, 3.63) is 65.7 Å². The van der Waals surface area contributed by atoms with E-state index in [0.717, 1.165) is 18.4 Å². The molecular weight excluding hydrogens is 438 g/mol. The third kappa shape index (κ3) is 5.19. The molecule has 0 atom stereocenters. The molecule has 1 saturated carbocycles. The van der Waals surface area contributed by atoms with Crippen LogP contribution in [0, 0.1) is 5.92 Å². The molecule has 0 unspecified atom stereocenters. The van der Waals surface area contributed by atoms with E-state index in [-0.39, 0.29) is 5.56 Å². The highest BCUT2D eigenvalue weighted by atomic mass is 16.5. The van der Waals surface area contributed by atoms with E-state index < -0.39 is 36.0 Å². The lowest BCUT2D eigenvalue weighted by Gasteiger charge is -2.33. The second-order valence-electron chi connectivity index (χ2n) is 8.75. The van der Waals surface area contributed by atoms with Crippen LogP contribution in [0.15, 0.2) is 54.6 Å². The van der Waals surface area contributed by atoms with Gasteiger partial charge in [0.15, 0.2) is 6.61 Å². The van der Waals surface area contributed by atoms with Crippen molar-refractivity contribution in [2.75, 3.05) is 6.61 Å². The fraction of sp³-hybridized carbons (Fsp3) is 0.360. The fourth-order valence-corrected chi connectivity index (χ4v) is 4.12. The molecule has 1 aliphatic carbocycles. The minimum Gasteiger partial charge on any atom is -0.489 e. The molecule has 2 N–H and O–H groups in total. The maximum absolute atomic E-state index is 12.8. The van der Waals surface area contributed by atoms with Crippen LogP contribution in [0.1, 0.15) is 48.5 Å². The molecule has 9 heteroatoms. The quantitative estimate of drug-likeness (QED) is 0.480. The van der Waals surface area contributed by atoms with Gasteiger partial charge < -0.3 is 14.8 Å². The van der Waals surface area contributed by atoms with Gasteiger partial charge in [-0.05, 0) is 61.4 Å². The largest absolute Gasteiger partial charge is 0.489 e. The minimum atomic E-state index is -0.960. The molecule has 0 bridgehead atoms. The van der Waals surface area contributed by atoms with Crippen molar-refractivity contribution in [3.63, 3.8) is 0 Å². The number of hydrogen-bond donors (Lipinski definition) is 2. The summed E-state index contributed by atoms with van der Waals surface area (Å²) in [5, 5.41) is 3.40. The van der Waals surface area contributed by atoms with Crippen molar-refractivity contribution < 1.29 is 28.7 Å². The summed E-state index contributed by atoms with van der Waals surface area (Å²) in [7, 11) is 0. The Balaban J connectivity index is 1.25. The number of esters is 1. The van der Waals surface area contributed by atoms with Crippen LogP contribution in [0.2, 0.25) is 0 Å². The second kappa shape index (κ2) is 9.94. The van der Waals surface area contributed by atoms with E-state index in [9.17, 15) is 19.2 Å². The van der Waals surface area contributed by atoms with Crippen LogP contribution in [0.5, 0.6) is 5.75 Å². The summed E-state index contributed by atoms with van der Waals surface area (Å²) >= 11 is 0. The van der Waals surface area contributed by atoms with Crippen molar-refractivity contribution in [1.29, 1.82) is 0 Å². The molecule has 4 amide bonds. The number of carbonyl (C=O) groups is 4. The van der Waals surface area contributed by atoms with Gasteiger partial charge in [-0.1, -0.05) is 37.3 Å². The van der Waals surface area contributed by atoms with Crippen LogP contribution < -0.4 is 15.5 Å². The first-order valence-corrected chi connectivity index (χ1v) is 11.3. The number of nitrogens with zero attached hydrogens (tertiary/aromatic N) is 1. The first-order chi connectivity index (χ1) is 16.4. The lowest BCUT2D eigenvalue weighted by Crippen LogP contribution is -2.52. The van der Waals surface area contributed by atoms with Crippen molar-refractivity contribution in [2.45, 2.75) is 44.8 Å². The Hall–Kier alpha value is -3.88. The highest BCUT2D eigenvalue weighted by Gasteiger charge is 2.52. The van der Waals surface area contributed by atoms with Crippen LogP contribution in [0.4, 0.5) is 4.79 Å². The third-order valence-corrected chi connectivity index (χ3v) is 6.20. The molecule has 0 aromatic heterocycles. The maximum atomic E-state index is 12.8. The number of nitrogens with one attached hydrogen (secondary N) is 2. The van der Waals surface area contributed by atoms with Crippen LogP contribution in [0.25, 0.3) is 0 Å². The normalized spacial score (nSPS) is 21.8. The molecule has 34 heavy (non-hydrogen) atoms. The van der Waals surface area contributed by atoms with E-state index in [0.29, 0.717) is 36.1 Å². The van der Waals surface area contributed by atoms with Gasteiger partial charge in [-0.15, -0.1) is 0 Å². The predicted molar refractivity (Wildman–Crippen MR) is 121 cm³/mol. The molecule has 1 heterocycles. The van der Waals surface area contributed by atoms with Gasteiger partial charge in [0, 0.05) is 0 Å². The molecular formula is C25H27N3O6. The van der Waals surface area contributed by atoms with Gasteiger partial charge in [0.1, 0.15) is 17.9 Å². The fourth-order valence-electron chi connectivity index (χ4n) is 4.12. The number of ether oxygens (including phenoxy) is 2. The SMILES string of the molecule is CC1CCC2(CC1)NC(=O)N(NC(=O)COC(=O)c1ccc(OCc3ccccc3)cc1)C2=O. The number of urea groups is 1. The molecule has 2 aliphatic rings. The molecule has 2 aromatic rings. The van der Waals surface area contributed by atoms with Crippen LogP contribution in [0.3, 0.4) is 0 Å². The third-order valence-electron chi connectivity index (χ3n) is 6.20. The molecule has 1 spiro atoms. The van der Waals surface area contributed by atoms with Crippen molar-refractivity contribution in [1.82, 2.24) is 15.8 Å². The van der Waals surface area contributed by atoms with Gasteiger partial charge >= 0.3 is 12.0 Å². The molecule has 1 saturated heterocycles. The monoisotopic (exact) mass is 465 g/mol. The molecule has 1 aliphatic heterocycles. The van der Waals surface area contributed by atoms with E-state index in [1.54, 1.807) is 12.1 Å². The lowest BCUT2D eigenvalue weighted by atomic mass is 9.77. The summed E-state index contributed by atoms with van der Waals surface area (Å²) in [6.45, 7) is 1.87. The van der Waals surface area contributed by atoms with Crippen LogP contribution >= 0.6 is 0 Å². The number of benzene rings is 2. The minimum absolute atomic E-state index is 0.241. The van der Waals surface area contributed by atoms with E-state index in [1.165, 1.54) is 12.1 Å². The topological polar surface area (TPSA) is 114 Å². The van der Waals surface area contributed by atoms with Gasteiger partial charge in [0.25, 0.3) is 11.8 Å². The first kappa shape index (κ1) is 23.3. The van der Waals surface area contributed by atoms with Crippen molar-refractivity contribution in [3.8, 4) is 5.75 Å².